The predicted molar refractivity (Wildman–Crippen MR) is 91.2 cm³/mol. The molecule has 0 amide bonds. The minimum Gasteiger partial charge on any atom is -0.317 e. The molecule has 4 heteroatoms. The maximum Gasteiger partial charge on any atom is 0.0208 e. The molecule has 3 rings (SSSR count). The lowest BCUT2D eigenvalue weighted by molar-refractivity contribution is 0.386. The van der Waals surface area contributed by atoms with Crippen molar-refractivity contribution in [2.75, 3.05) is 13.1 Å². The van der Waals surface area contributed by atoms with Crippen LogP contribution in [-0.4, -0.2) is 19.1 Å². The van der Waals surface area contributed by atoms with E-state index in [1.807, 2.05) is 0 Å². The molecule has 0 bridgehead atoms. The highest BCUT2D eigenvalue weighted by molar-refractivity contribution is 5.85. The summed E-state index contributed by atoms with van der Waals surface area (Å²) in [5.74, 6) is 0. The van der Waals surface area contributed by atoms with E-state index in [0.29, 0.717) is 6.04 Å². The van der Waals surface area contributed by atoms with Crippen molar-refractivity contribution >= 4 is 35.6 Å². The molecule has 0 unspecified atom stereocenters. The molecule has 0 saturated carbocycles. The summed E-state index contributed by atoms with van der Waals surface area (Å²) in [4.78, 5) is 0. The van der Waals surface area contributed by atoms with E-state index in [-0.39, 0.29) is 24.8 Å². The van der Waals surface area contributed by atoms with Crippen LogP contribution in [0.1, 0.15) is 18.4 Å². The molecule has 110 valence electrons. The lowest BCUT2D eigenvalue weighted by Crippen LogP contribution is -2.39. The van der Waals surface area contributed by atoms with Crippen LogP contribution in [0, 0.1) is 0 Å². The van der Waals surface area contributed by atoms with Gasteiger partial charge in [0.2, 0.25) is 0 Å². The molecule has 1 aliphatic rings. The Morgan fingerprint density at radius 2 is 1.65 bits per heavy atom. The number of hydrogen-bond acceptors (Lipinski definition) is 2. The Morgan fingerprint density at radius 1 is 0.950 bits per heavy atom. The maximum absolute atomic E-state index is 3.66. The maximum atomic E-state index is 3.66. The summed E-state index contributed by atoms with van der Waals surface area (Å²) in [6, 6.07) is 16.0. The van der Waals surface area contributed by atoms with Crippen molar-refractivity contribution in [1.82, 2.24) is 10.6 Å². The monoisotopic (exact) mass is 312 g/mol. The van der Waals surface area contributed by atoms with Gasteiger partial charge in [0.1, 0.15) is 0 Å². The van der Waals surface area contributed by atoms with Crippen LogP contribution in [0.4, 0.5) is 0 Å². The number of fused-ring (bicyclic) bond motifs is 1. The van der Waals surface area contributed by atoms with Crippen molar-refractivity contribution in [2.45, 2.75) is 25.4 Å². The molecule has 0 atom stereocenters. The van der Waals surface area contributed by atoms with Gasteiger partial charge in [0.25, 0.3) is 0 Å². The summed E-state index contributed by atoms with van der Waals surface area (Å²) < 4.78 is 0. The average molecular weight is 313 g/mol. The zero-order valence-corrected chi connectivity index (χ0v) is 13.1. The van der Waals surface area contributed by atoms with E-state index in [0.717, 1.165) is 19.6 Å². The van der Waals surface area contributed by atoms with Gasteiger partial charge in [0.15, 0.2) is 0 Å². The second kappa shape index (κ2) is 8.48. The fourth-order valence-corrected chi connectivity index (χ4v) is 2.64. The van der Waals surface area contributed by atoms with Gasteiger partial charge in [-0.3, -0.25) is 0 Å². The van der Waals surface area contributed by atoms with Crippen molar-refractivity contribution in [3.63, 3.8) is 0 Å². The van der Waals surface area contributed by atoms with E-state index in [2.05, 4.69) is 53.1 Å². The number of benzene rings is 2. The van der Waals surface area contributed by atoms with Crippen LogP contribution >= 0.6 is 24.8 Å². The Kier molecular flexibility index (Phi) is 7.31. The van der Waals surface area contributed by atoms with Crippen LogP contribution in [0.15, 0.2) is 42.5 Å². The summed E-state index contributed by atoms with van der Waals surface area (Å²) in [5, 5.41) is 9.72. The van der Waals surface area contributed by atoms with E-state index < -0.39 is 0 Å². The Morgan fingerprint density at radius 3 is 2.40 bits per heavy atom. The van der Waals surface area contributed by atoms with Crippen LogP contribution in [0.5, 0.6) is 0 Å². The topological polar surface area (TPSA) is 24.1 Å². The van der Waals surface area contributed by atoms with Crippen LogP contribution in [-0.2, 0) is 6.54 Å². The molecular weight excluding hydrogens is 291 g/mol. The summed E-state index contributed by atoms with van der Waals surface area (Å²) >= 11 is 0. The van der Waals surface area contributed by atoms with Crippen molar-refractivity contribution in [3.05, 3.63) is 48.0 Å². The standard InChI is InChI=1S/C16H20N2.2ClH/c1-2-4-15-11-13(5-6-14(15)3-1)12-18-16-7-9-17-10-8-16;;/h1-6,11,16-18H,7-10,12H2;2*1H. The van der Waals surface area contributed by atoms with Gasteiger partial charge in [0.05, 0.1) is 0 Å². The van der Waals surface area contributed by atoms with Crippen molar-refractivity contribution < 1.29 is 0 Å². The first-order valence-corrected chi connectivity index (χ1v) is 6.83. The van der Waals surface area contributed by atoms with E-state index in [1.165, 1.54) is 29.2 Å². The minimum absolute atomic E-state index is 0. The van der Waals surface area contributed by atoms with Gasteiger partial charge in [-0.25, -0.2) is 0 Å². The SMILES string of the molecule is Cl.Cl.c1ccc2cc(CNC3CCNCC3)ccc2c1. The average Bonchev–Trinajstić information content (AvgIpc) is 2.46. The van der Waals surface area contributed by atoms with Crippen LogP contribution < -0.4 is 10.6 Å². The fourth-order valence-electron chi connectivity index (χ4n) is 2.64. The molecule has 1 heterocycles. The first kappa shape index (κ1) is 17.3. The first-order valence-electron chi connectivity index (χ1n) is 6.83. The fraction of sp³-hybridized carbons (Fsp3) is 0.375. The van der Waals surface area contributed by atoms with Crippen molar-refractivity contribution in [1.29, 1.82) is 0 Å². The highest BCUT2D eigenvalue weighted by Gasteiger charge is 2.11. The van der Waals surface area contributed by atoms with Gasteiger partial charge in [-0.1, -0.05) is 36.4 Å². The van der Waals surface area contributed by atoms with Gasteiger partial charge in [-0.05, 0) is 48.3 Å². The summed E-state index contributed by atoms with van der Waals surface area (Å²) in [6.45, 7) is 3.28. The molecule has 0 aliphatic carbocycles. The molecule has 1 aliphatic heterocycles. The number of nitrogens with one attached hydrogen (secondary N) is 2. The molecule has 0 spiro atoms. The Labute approximate surface area is 133 Å². The highest BCUT2D eigenvalue weighted by Crippen LogP contribution is 2.16. The molecule has 2 aromatic rings. The van der Waals surface area contributed by atoms with Crippen molar-refractivity contribution in [3.8, 4) is 0 Å². The third kappa shape index (κ3) is 4.35. The molecule has 0 aromatic heterocycles. The van der Waals surface area contributed by atoms with E-state index >= 15 is 0 Å². The van der Waals surface area contributed by atoms with E-state index in [9.17, 15) is 0 Å². The number of rotatable bonds is 3. The lowest BCUT2D eigenvalue weighted by atomic mass is 10.0. The molecule has 1 saturated heterocycles. The predicted octanol–water partition coefficient (Wildman–Crippen LogP) is 3.53. The third-order valence-electron chi connectivity index (χ3n) is 3.75. The first-order chi connectivity index (χ1) is 8.92. The van der Waals surface area contributed by atoms with Gasteiger partial charge in [0, 0.05) is 12.6 Å². The number of halogens is 2. The zero-order valence-electron chi connectivity index (χ0n) is 11.5. The van der Waals surface area contributed by atoms with Gasteiger partial charge < -0.3 is 10.6 Å². The van der Waals surface area contributed by atoms with Crippen molar-refractivity contribution in [2.24, 2.45) is 0 Å². The van der Waals surface area contributed by atoms with E-state index in [4.69, 9.17) is 0 Å². The molecule has 2 nitrogen and oxygen atoms in total. The normalized spacial score (nSPS) is 15.4. The van der Waals surface area contributed by atoms with Crippen LogP contribution in [0.25, 0.3) is 10.8 Å². The number of piperidine rings is 1. The second-order valence-electron chi connectivity index (χ2n) is 5.09. The van der Waals surface area contributed by atoms with E-state index in [1.54, 1.807) is 0 Å². The number of hydrogen-bond donors (Lipinski definition) is 2. The lowest BCUT2D eigenvalue weighted by Gasteiger charge is -2.23. The molecule has 2 aromatic carbocycles. The molecule has 2 N–H and O–H groups in total. The van der Waals surface area contributed by atoms with Gasteiger partial charge in [-0.15, -0.1) is 24.8 Å². The zero-order chi connectivity index (χ0) is 12.2. The summed E-state index contributed by atoms with van der Waals surface area (Å²) in [5.41, 5.74) is 1.38. The van der Waals surface area contributed by atoms with Gasteiger partial charge in [-0.2, -0.15) is 0 Å². The Balaban J connectivity index is 0.000001000. The largest absolute Gasteiger partial charge is 0.317 e. The minimum atomic E-state index is 0. The Bertz CT molecular complexity index is 525. The van der Waals surface area contributed by atoms with Crippen LogP contribution in [0.3, 0.4) is 0 Å². The van der Waals surface area contributed by atoms with Crippen LogP contribution in [0.2, 0.25) is 0 Å². The third-order valence-corrected chi connectivity index (χ3v) is 3.75. The molecule has 0 radical (unpaired) electrons. The molecule has 1 fully saturated rings. The summed E-state index contributed by atoms with van der Waals surface area (Å²) in [6.07, 6.45) is 2.49. The quantitative estimate of drug-likeness (QED) is 0.906. The smallest absolute Gasteiger partial charge is 0.0208 e. The van der Waals surface area contributed by atoms with Gasteiger partial charge >= 0.3 is 0 Å². The molecule has 20 heavy (non-hydrogen) atoms. The summed E-state index contributed by atoms with van der Waals surface area (Å²) in [7, 11) is 0. The Hall–Kier alpha value is -0.800. The molecular formula is C16H22Cl2N2. The second-order valence-corrected chi connectivity index (χ2v) is 5.09. The highest BCUT2D eigenvalue weighted by atomic mass is 35.5.